The van der Waals surface area contributed by atoms with E-state index in [2.05, 4.69) is 32.8 Å². The predicted octanol–water partition coefficient (Wildman–Crippen LogP) is 5.81. The van der Waals surface area contributed by atoms with Crippen LogP contribution in [0.2, 0.25) is 0 Å². The third-order valence-electron chi connectivity index (χ3n) is 10.1. The fourth-order valence-corrected chi connectivity index (χ4v) is 8.09. The van der Waals surface area contributed by atoms with Crippen molar-refractivity contribution in [3.8, 4) is 11.1 Å². The summed E-state index contributed by atoms with van der Waals surface area (Å²) in [6, 6.07) is 8.37. The Kier molecular flexibility index (Phi) is 7.21. The summed E-state index contributed by atoms with van der Waals surface area (Å²) in [5.41, 5.74) is 7.45. The minimum atomic E-state index is -2.64. The van der Waals surface area contributed by atoms with Crippen molar-refractivity contribution in [2.45, 2.75) is 76.0 Å². The number of aromatic nitrogens is 2. The Balaban J connectivity index is 1.31. The van der Waals surface area contributed by atoms with Crippen LogP contribution in [0.15, 0.2) is 36.7 Å². The first-order valence-electron chi connectivity index (χ1n) is 15.6. The predicted molar refractivity (Wildman–Crippen MR) is 164 cm³/mol. The standard InChI is InChI=1S/C33H39F2N7O2/c1-36-32(43)40-17-22-9-20(21-10-24-6-7-25(11-21)42(24)33(44)37-2)13-30(28(22)18-40)41-8-4-5-19-12-26(23-15-38-39(3)16-23)27(31(34)35)14-29(19)41/h9,12-16,21,24-25,31H,4-8,10-11,17-18H2,1-3H3,(H,36,43)(H,37,44). The van der Waals surface area contributed by atoms with Gasteiger partial charge in [0.1, 0.15) is 0 Å². The van der Waals surface area contributed by atoms with E-state index in [9.17, 15) is 18.4 Å². The molecule has 2 atom stereocenters. The minimum absolute atomic E-state index is 0.00147. The summed E-state index contributed by atoms with van der Waals surface area (Å²) < 4.78 is 30.8. The molecule has 2 unspecified atom stereocenters. The van der Waals surface area contributed by atoms with Gasteiger partial charge in [0.25, 0.3) is 6.43 Å². The fourth-order valence-electron chi connectivity index (χ4n) is 8.09. The lowest BCUT2D eigenvalue weighted by Crippen LogP contribution is -2.49. The second-order valence-corrected chi connectivity index (χ2v) is 12.6. The highest BCUT2D eigenvalue weighted by molar-refractivity contribution is 5.80. The van der Waals surface area contributed by atoms with Crippen molar-refractivity contribution in [2.75, 3.05) is 25.5 Å². The average Bonchev–Trinajstić information content (AvgIpc) is 3.73. The van der Waals surface area contributed by atoms with E-state index in [1.165, 1.54) is 5.56 Å². The van der Waals surface area contributed by atoms with E-state index in [0.717, 1.165) is 66.6 Å². The lowest BCUT2D eigenvalue weighted by atomic mass is 9.83. The number of amides is 4. The number of benzene rings is 2. The molecule has 4 aliphatic heterocycles. The summed E-state index contributed by atoms with van der Waals surface area (Å²) in [7, 11) is 5.11. The maximum Gasteiger partial charge on any atom is 0.317 e. The number of alkyl halides is 2. The van der Waals surface area contributed by atoms with Crippen LogP contribution in [0, 0.1) is 0 Å². The van der Waals surface area contributed by atoms with Gasteiger partial charge in [-0.05, 0) is 84.9 Å². The number of hydrogen-bond donors (Lipinski definition) is 2. The topological polar surface area (TPSA) is 85.7 Å². The van der Waals surface area contributed by atoms with Gasteiger partial charge in [-0.15, -0.1) is 0 Å². The molecule has 0 radical (unpaired) electrons. The van der Waals surface area contributed by atoms with Crippen LogP contribution in [0.5, 0.6) is 0 Å². The van der Waals surface area contributed by atoms with Crippen LogP contribution in [-0.4, -0.2) is 64.4 Å². The third kappa shape index (κ3) is 4.77. The number of fused-ring (bicyclic) bond motifs is 4. The second-order valence-electron chi connectivity index (χ2n) is 12.6. The quantitative estimate of drug-likeness (QED) is 0.394. The van der Waals surface area contributed by atoms with Crippen molar-refractivity contribution in [1.29, 1.82) is 0 Å². The van der Waals surface area contributed by atoms with E-state index in [1.54, 1.807) is 49.2 Å². The van der Waals surface area contributed by atoms with E-state index in [1.807, 2.05) is 11.0 Å². The first kappa shape index (κ1) is 28.6. The molecule has 2 N–H and O–H groups in total. The number of nitrogens with one attached hydrogen (secondary N) is 2. The SMILES string of the molecule is CNC(=O)N1Cc2cc(C3CC4CCC(C3)N4C(=O)NC)cc(N3CCCc4cc(-c5cnn(C)c5)c(C(F)F)cc43)c2C1. The van der Waals surface area contributed by atoms with E-state index < -0.39 is 6.43 Å². The van der Waals surface area contributed by atoms with Crippen molar-refractivity contribution >= 4 is 23.4 Å². The summed E-state index contributed by atoms with van der Waals surface area (Å²) in [5.74, 6) is 0.278. The van der Waals surface area contributed by atoms with Crippen molar-refractivity contribution < 1.29 is 18.4 Å². The molecule has 2 bridgehead atoms. The van der Waals surface area contributed by atoms with Gasteiger partial charge >= 0.3 is 12.1 Å². The number of nitrogens with zero attached hydrogens (tertiary/aromatic N) is 5. The molecule has 7 rings (SSSR count). The monoisotopic (exact) mass is 603 g/mol. The normalized spacial score (nSPS) is 22.3. The molecular formula is C33H39F2N7O2. The molecule has 0 saturated carbocycles. The molecule has 44 heavy (non-hydrogen) atoms. The largest absolute Gasteiger partial charge is 0.341 e. The molecule has 232 valence electrons. The Morgan fingerprint density at radius 3 is 2.36 bits per heavy atom. The maximum absolute atomic E-state index is 14.6. The molecule has 5 heterocycles. The number of carbonyl (C=O) groups excluding carboxylic acids is 2. The zero-order valence-corrected chi connectivity index (χ0v) is 25.4. The molecular weight excluding hydrogens is 564 g/mol. The van der Waals surface area contributed by atoms with Crippen LogP contribution in [0.4, 0.5) is 29.7 Å². The Morgan fingerprint density at radius 1 is 0.955 bits per heavy atom. The summed E-state index contributed by atoms with van der Waals surface area (Å²) >= 11 is 0. The summed E-state index contributed by atoms with van der Waals surface area (Å²) in [5, 5.41) is 9.79. The van der Waals surface area contributed by atoms with Gasteiger partial charge < -0.3 is 25.3 Å². The van der Waals surface area contributed by atoms with Crippen molar-refractivity contribution in [1.82, 2.24) is 30.2 Å². The molecule has 4 amide bonds. The van der Waals surface area contributed by atoms with Gasteiger partial charge in [-0.25, -0.2) is 18.4 Å². The van der Waals surface area contributed by atoms with Crippen molar-refractivity contribution in [3.63, 3.8) is 0 Å². The molecule has 1 aromatic heterocycles. The second kappa shape index (κ2) is 11.1. The van der Waals surface area contributed by atoms with E-state index in [-0.39, 0.29) is 35.6 Å². The van der Waals surface area contributed by atoms with Crippen LogP contribution in [-0.2, 0) is 26.6 Å². The maximum atomic E-state index is 14.6. The first-order chi connectivity index (χ1) is 21.2. The highest BCUT2D eigenvalue weighted by atomic mass is 19.3. The Bertz CT molecular complexity index is 1610. The zero-order chi connectivity index (χ0) is 30.7. The van der Waals surface area contributed by atoms with Gasteiger partial charge in [0.05, 0.1) is 12.7 Å². The summed E-state index contributed by atoms with van der Waals surface area (Å²) in [4.78, 5) is 31.4. The lowest BCUT2D eigenvalue weighted by molar-refractivity contribution is 0.140. The summed E-state index contributed by atoms with van der Waals surface area (Å²) in [6.07, 6.45) is 6.26. The molecule has 2 saturated heterocycles. The van der Waals surface area contributed by atoms with E-state index in [0.29, 0.717) is 30.8 Å². The van der Waals surface area contributed by atoms with E-state index in [4.69, 9.17) is 0 Å². The highest BCUT2D eigenvalue weighted by Gasteiger charge is 2.44. The van der Waals surface area contributed by atoms with Crippen LogP contribution in [0.3, 0.4) is 0 Å². The molecule has 0 spiro atoms. The van der Waals surface area contributed by atoms with Crippen molar-refractivity contribution in [3.05, 3.63) is 64.5 Å². The molecule has 2 fully saturated rings. The van der Waals surface area contributed by atoms with Gasteiger partial charge in [0.15, 0.2) is 0 Å². The Morgan fingerprint density at radius 2 is 1.70 bits per heavy atom. The molecule has 4 aliphatic rings. The number of rotatable bonds is 4. The summed E-state index contributed by atoms with van der Waals surface area (Å²) in [6.45, 7) is 1.67. The first-order valence-corrected chi connectivity index (χ1v) is 15.6. The van der Waals surface area contributed by atoms with Crippen LogP contribution in [0.25, 0.3) is 11.1 Å². The van der Waals surface area contributed by atoms with Gasteiger partial charge in [-0.2, -0.15) is 5.10 Å². The van der Waals surface area contributed by atoms with Crippen LogP contribution >= 0.6 is 0 Å². The van der Waals surface area contributed by atoms with Gasteiger partial charge in [0, 0.05) is 80.6 Å². The van der Waals surface area contributed by atoms with Crippen LogP contribution < -0.4 is 15.5 Å². The van der Waals surface area contributed by atoms with Crippen molar-refractivity contribution in [2.24, 2.45) is 7.05 Å². The number of aryl methyl sites for hydroxylation is 2. The number of halogens is 2. The zero-order valence-electron chi connectivity index (χ0n) is 25.4. The fraction of sp³-hybridized carbons (Fsp3) is 0.485. The highest BCUT2D eigenvalue weighted by Crippen LogP contribution is 2.48. The Hall–Kier alpha value is -4.15. The lowest BCUT2D eigenvalue weighted by Gasteiger charge is -2.39. The van der Waals surface area contributed by atoms with Crippen LogP contribution in [0.1, 0.15) is 72.3 Å². The molecule has 0 aliphatic carbocycles. The minimum Gasteiger partial charge on any atom is -0.341 e. The Labute approximate surface area is 256 Å². The number of hydrogen-bond acceptors (Lipinski definition) is 4. The number of piperidine rings is 1. The molecule has 9 nitrogen and oxygen atoms in total. The number of anilines is 2. The molecule has 3 aromatic rings. The number of carbonyl (C=O) groups is 2. The van der Waals surface area contributed by atoms with Gasteiger partial charge in [-0.1, -0.05) is 6.07 Å². The van der Waals surface area contributed by atoms with E-state index >= 15 is 0 Å². The number of urea groups is 2. The smallest absolute Gasteiger partial charge is 0.317 e. The third-order valence-corrected chi connectivity index (χ3v) is 10.1. The van der Waals surface area contributed by atoms with Gasteiger partial charge in [0.2, 0.25) is 0 Å². The molecule has 2 aromatic carbocycles. The average molecular weight is 604 g/mol. The molecule has 11 heteroatoms. The van der Waals surface area contributed by atoms with Gasteiger partial charge in [-0.3, -0.25) is 4.68 Å².